The lowest BCUT2D eigenvalue weighted by Gasteiger charge is -2.47. The SMILES string of the molecule is CO[C@@H]1O[C@@H]2COC(c3ccccc3)O[C@@H]2[C@@H](OC)[C@@H]1O. The summed E-state index contributed by atoms with van der Waals surface area (Å²) in [5.74, 6) is 0. The average Bonchev–Trinajstić information content (AvgIpc) is 2.54. The summed E-state index contributed by atoms with van der Waals surface area (Å²) < 4.78 is 27.9. The van der Waals surface area contributed by atoms with E-state index in [1.807, 2.05) is 30.3 Å². The third-order valence-electron chi connectivity index (χ3n) is 3.88. The van der Waals surface area contributed by atoms with Gasteiger partial charge in [0.1, 0.15) is 24.4 Å². The minimum Gasteiger partial charge on any atom is -0.385 e. The van der Waals surface area contributed by atoms with E-state index in [1.54, 1.807) is 7.11 Å². The summed E-state index contributed by atoms with van der Waals surface area (Å²) in [6.45, 7) is 0.358. The number of methoxy groups -OCH3 is 2. The molecule has 6 atom stereocenters. The predicted molar refractivity (Wildman–Crippen MR) is 72.5 cm³/mol. The first-order chi connectivity index (χ1) is 10.2. The maximum absolute atomic E-state index is 10.2. The van der Waals surface area contributed by atoms with Gasteiger partial charge in [0.15, 0.2) is 12.6 Å². The molecule has 2 fully saturated rings. The Bertz CT molecular complexity index is 453. The molecule has 1 unspecified atom stereocenters. The minimum absolute atomic E-state index is 0.330. The lowest BCUT2D eigenvalue weighted by atomic mass is 9.97. The largest absolute Gasteiger partial charge is 0.385 e. The first-order valence-electron chi connectivity index (χ1n) is 6.95. The Kier molecular flexibility index (Phi) is 4.54. The fourth-order valence-corrected chi connectivity index (χ4v) is 2.81. The number of hydrogen-bond donors (Lipinski definition) is 1. The smallest absolute Gasteiger partial charge is 0.186 e. The van der Waals surface area contributed by atoms with E-state index in [0.717, 1.165) is 5.56 Å². The molecule has 0 radical (unpaired) electrons. The summed E-state index contributed by atoms with van der Waals surface area (Å²) in [6, 6.07) is 9.66. The number of hydrogen-bond acceptors (Lipinski definition) is 6. The highest BCUT2D eigenvalue weighted by Gasteiger charge is 2.49. The van der Waals surface area contributed by atoms with Crippen LogP contribution in [0.5, 0.6) is 0 Å². The molecule has 3 rings (SSSR count). The molecule has 1 aromatic carbocycles. The van der Waals surface area contributed by atoms with Crippen LogP contribution in [0.15, 0.2) is 30.3 Å². The van der Waals surface area contributed by atoms with Gasteiger partial charge in [0.2, 0.25) is 0 Å². The molecule has 0 bridgehead atoms. The van der Waals surface area contributed by atoms with Gasteiger partial charge < -0.3 is 28.8 Å². The van der Waals surface area contributed by atoms with Crippen LogP contribution in [0.2, 0.25) is 0 Å². The molecule has 0 amide bonds. The first-order valence-corrected chi connectivity index (χ1v) is 6.95. The van der Waals surface area contributed by atoms with Crippen molar-refractivity contribution >= 4 is 0 Å². The van der Waals surface area contributed by atoms with Gasteiger partial charge in [-0.3, -0.25) is 0 Å². The first kappa shape index (κ1) is 14.9. The van der Waals surface area contributed by atoms with Crippen LogP contribution >= 0.6 is 0 Å². The topological polar surface area (TPSA) is 66.4 Å². The van der Waals surface area contributed by atoms with Crippen molar-refractivity contribution in [1.29, 1.82) is 0 Å². The number of ether oxygens (including phenoxy) is 5. The van der Waals surface area contributed by atoms with Crippen LogP contribution in [-0.4, -0.2) is 56.6 Å². The highest BCUT2D eigenvalue weighted by atomic mass is 16.8. The summed E-state index contributed by atoms with van der Waals surface area (Å²) in [5, 5.41) is 10.2. The van der Waals surface area contributed by atoms with Crippen molar-refractivity contribution in [2.45, 2.75) is 37.0 Å². The molecule has 6 heteroatoms. The zero-order valence-corrected chi connectivity index (χ0v) is 12.0. The third-order valence-corrected chi connectivity index (χ3v) is 3.88. The zero-order valence-electron chi connectivity index (χ0n) is 12.0. The Balaban J connectivity index is 1.77. The number of aliphatic hydroxyl groups excluding tert-OH is 1. The molecule has 1 N–H and O–H groups in total. The Morgan fingerprint density at radius 3 is 2.52 bits per heavy atom. The van der Waals surface area contributed by atoms with Crippen molar-refractivity contribution in [3.8, 4) is 0 Å². The molecule has 0 saturated carbocycles. The van der Waals surface area contributed by atoms with Crippen LogP contribution in [-0.2, 0) is 23.7 Å². The molecule has 2 aliphatic heterocycles. The van der Waals surface area contributed by atoms with Gasteiger partial charge in [-0.25, -0.2) is 0 Å². The molecule has 2 aliphatic rings. The van der Waals surface area contributed by atoms with Crippen LogP contribution < -0.4 is 0 Å². The predicted octanol–water partition coefficient (Wildman–Crippen LogP) is 0.848. The fraction of sp³-hybridized carbons (Fsp3) is 0.600. The number of rotatable bonds is 3. The van der Waals surface area contributed by atoms with Gasteiger partial charge in [-0.15, -0.1) is 0 Å². The van der Waals surface area contributed by atoms with Crippen LogP contribution in [0.4, 0.5) is 0 Å². The van der Waals surface area contributed by atoms with Crippen LogP contribution in [0, 0.1) is 0 Å². The van der Waals surface area contributed by atoms with E-state index in [4.69, 9.17) is 23.7 Å². The molecule has 2 heterocycles. The van der Waals surface area contributed by atoms with E-state index in [0.29, 0.717) is 6.61 Å². The summed E-state index contributed by atoms with van der Waals surface area (Å²) in [7, 11) is 3.03. The van der Waals surface area contributed by atoms with Crippen LogP contribution in [0.25, 0.3) is 0 Å². The molecular formula is C15H20O6. The van der Waals surface area contributed by atoms with E-state index in [2.05, 4.69) is 0 Å². The normalized spacial score (nSPS) is 39.8. The standard InChI is InChI=1S/C15H20O6/c1-17-13-11(16)15(18-2)20-10-8-19-14(21-12(10)13)9-6-4-3-5-7-9/h3-7,10-16H,8H2,1-2H3/t10-,11+,12+,13+,14?,15-/m1/s1. The molecule has 116 valence electrons. The van der Waals surface area contributed by atoms with Crippen molar-refractivity contribution in [3.05, 3.63) is 35.9 Å². The van der Waals surface area contributed by atoms with Crippen molar-refractivity contribution in [3.63, 3.8) is 0 Å². The molecule has 6 nitrogen and oxygen atoms in total. The number of benzene rings is 1. The quantitative estimate of drug-likeness (QED) is 0.892. The Labute approximate surface area is 123 Å². The van der Waals surface area contributed by atoms with Crippen molar-refractivity contribution in [1.82, 2.24) is 0 Å². The van der Waals surface area contributed by atoms with E-state index in [9.17, 15) is 5.11 Å². The second-order valence-corrected chi connectivity index (χ2v) is 5.15. The molecule has 1 aromatic rings. The van der Waals surface area contributed by atoms with Gasteiger partial charge in [-0.05, 0) is 0 Å². The highest BCUT2D eigenvalue weighted by molar-refractivity contribution is 5.16. The second-order valence-electron chi connectivity index (χ2n) is 5.15. The maximum Gasteiger partial charge on any atom is 0.186 e. The van der Waals surface area contributed by atoms with Crippen molar-refractivity contribution in [2.24, 2.45) is 0 Å². The zero-order chi connectivity index (χ0) is 14.8. The van der Waals surface area contributed by atoms with Gasteiger partial charge in [0.05, 0.1) is 6.61 Å². The minimum atomic E-state index is -0.907. The molecule has 21 heavy (non-hydrogen) atoms. The van der Waals surface area contributed by atoms with Gasteiger partial charge >= 0.3 is 0 Å². The van der Waals surface area contributed by atoms with E-state index < -0.39 is 30.9 Å². The Morgan fingerprint density at radius 2 is 1.86 bits per heavy atom. The summed E-state index contributed by atoms with van der Waals surface area (Å²) in [5.41, 5.74) is 0.925. The summed E-state index contributed by atoms with van der Waals surface area (Å²) >= 11 is 0. The number of aliphatic hydroxyl groups is 1. The molecule has 2 saturated heterocycles. The third kappa shape index (κ3) is 2.83. The average molecular weight is 296 g/mol. The van der Waals surface area contributed by atoms with Gasteiger partial charge in [0, 0.05) is 19.8 Å². The van der Waals surface area contributed by atoms with Gasteiger partial charge in [-0.1, -0.05) is 30.3 Å². The van der Waals surface area contributed by atoms with E-state index in [-0.39, 0.29) is 6.10 Å². The molecule has 0 aromatic heterocycles. The van der Waals surface area contributed by atoms with Gasteiger partial charge in [0.25, 0.3) is 0 Å². The maximum atomic E-state index is 10.2. The number of fused-ring (bicyclic) bond motifs is 1. The van der Waals surface area contributed by atoms with Gasteiger partial charge in [-0.2, -0.15) is 0 Å². The second kappa shape index (κ2) is 6.39. The monoisotopic (exact) mass is 296 g/mol. The Morgan fingerprint density at radius 1 is 1.10 bits per heavy atom. The Hall–Kier alpha value is -1.02. The molecule has 0 aliphatic carbocycles. The highest BCUT2D eigenvalue weighted by Crippen LogP contribution is 2.35. The summed E-state index contributed by atoms with van der Waals surface area (Å²) in [4.78, 5) is 0. The van der Waals surface area contributed by atoms with E-state index in [1.165, 1.54) is 7.11 Å². The lowest BCUT2D eigenvalue weighted by Crippen LogP contribution is -2.62. The lowest BCUT2D eigenvalue weighted by molar-refractivity contribution is -0.360. The van der Waals surface area contributed by atoms with Crippen LogP contribution in [0.1, 0.15) is 11.9 Å². The molecular weight excluding hydrogens is 276 g/mol. The fourth-order valence-electron chi connectivity index (χ4n) is 2.81. The summed E-state index contributed by atoms with van der Waals surface area (Å²) in [6.07, 6.45) is -3.39. The molecule has 0 spiro atoms. The van der Waals surface area contributed by atoms with Crippen molar-refractivity contribution in [2.75, 3.05) is 20.8 Å². The van der Waals surface area contributed by atoms with E-state index >= 15 is 0 Å². The van der Waals surface area contributed by atoms with Crippen LogP contribution in [0.3, 0.4) is 0 Å². The van der Waals surface area contributed by atoms with Crippen molar-refractivity contribution < 1.29 is 28.8 Å².